The Hall–Kier alpha value is -2.37. The molecule has 0 aromatic heterocycles. The first-order chi connectivity index (χ1) is 11.1. The summed E-state index contributed by atoms with van der Waals surface area (Å²) in [5, 5.41) is 0. The fourth-order valence-corrected chi connectivity index (χ4v) is 3.71. The topological polar surface area (TPSA) is 90.7 Å². The van der Waals surface area contributed by atoms with Crippen LogP contribution < -0.4 is 11.5 Å². The number of ether oxygens (including phenoxy) is 1. The summed E-state index contributed by atoms with van der Waals surface area (Å²) in [4.78, 5) is 15.8. The van der Waals surface area contributed by atoms with Gasteiger partial charge >= 0.3 is 0 Å². The van der Waals surface area contributed by atoms with Gasteiger partial charge in [0.2, 0.25) is 0 Å². The number of benzene rings is 2. The highest BCUT2D eigenvalue weighted by Crippen LogP contribution is 2.54. The van der Waals surface area contributed by atoms with E-state index in [0.717, 1.165) is 30.6 Å². The molecule has 1 atom stereocenters. The largest absolute Gasteiger partial charge is 0.370 e. The highest BCUT2D eigenvalue weighted by molar-refractivity contribution is 6.02. The van der Waals surface area contributed by atoms with Gasteiger partial charge in [0.25, 0.3) is 5.91 Å². The van der Waals surface area contributed by atoms with Gasteiger partial charge in [0.05, 0.1) is 0 Å². The van der Waals surface area contributed by atoms with Crippen LogP contribution in [0.1, 0.15) is 34.3 Å². The Bertz CT molecular complexity index is 838. The zero-order chi connectivity index (χ0) is 16.0. The lowest BCUT2D eigenvalue weighted by atomic mass is 9.88. The number of nitrogens with zero attached hydrogens (tertiary/aromatic N) is 1. The van der Waals surface area contributed by atoms with E-state index in [1.165, 1.54) is 11.1 Å². The van der Waals surface area contributed by atoms with Crippen LogP contribution in [0.2, 0.25) is 0 Å². The Morgan fingerprint density at radius 2 is 1.83 bits per heavy atom. The number of fused-ring (bicyclic) bond motifs is 5. The van der Waals surface area contributed by atoms with E-state index in [1.54, 1.807) is 6.07 Å². The molecule has 2 aromatic rings. The van der Waals surface area contributed by atoms with Crippen LogP contribution in [0.5, 0.6) is 0 Å². The Morgan fingerprint density at radius 3 is 2.54 bits per heavy atom. The van der Waals surface area contributed by atoms with Crippen molar-refractivity contribution in [2.75, 3.05) is 6.61 Å². The van der Waals surface area contributed by atoms with Gasteiger partial charge in [0, 0.05) is 12.2 Å². The van der Waals surface area contributed by atoms with Gasteiger partial charge in [-0.1, -0.05) is 30.3 Å². The van der Waals surface area contributed by atoms with Crippen LogP contribution in [0.25, 0.3) is 11.1 Å². The lowest BCUT2D eigenvalue weighted by Gasteiger charge is -2.26. The SMILES string of the molecule is Cl.NC(N)=NC(=O)c1ccc2c(c1)C1(CCCO1)c1ccccc1-2. The molecule has 0 saturated carbocycles. The molecule has 1 aliphatic heterocycles. The molecule has 4 rings (SSSR count). The van der Waals surface area contributed by atoms with Crippen LogP contribution in [0.4, 0.5) is 0 Å². The summed E-state index contributed by atoms with van der Waals surface area (Å²) in [6, 6.07) is 13.9. The first-order valence-electron chi connectivity index (χ1n) is 7.64. The van der Waals surface area contributed by atoms with Crippen molar-refractivity contribution in [1.82, 2.24) is 0 Å². The van der Waals surface area contributed by atoms with E-state index >= 15 is 0 Å². The fourth-order valence-electron chi connectivity index (χ4n) is 3.71. The number of carbonyl (C=O) groups is 1. The summed E-state index contributed by atoms with van der Waals surface area (Å²) < 4.78 is 6.17. The number of amides is 1. The summed E-state index contributed by atoms with van der Waals surface area (Å²) in [7, 11) is 0. The van der Waals surface area contributed by atoms with Crippen LogP contribution in [0, 0.1) is 0 Å². The maximum atomic E-state index is 12.1. The second-order valence-electron chi connectivity index (χ2n) is 5.93. The number of carbonyl (C=O) groups excluding carboxylic acids is 1. The van der Waals surface area contributed by atoms with Crippen molar-refractivity contribution in [2.45, 2.75) is 18.4 Å². The van der Waals surface area contributed by atoms with E-state index < -0.39 is 11.5 Å². The Morgan fingerprint density at radius 1 is 1.08 bits per heavy atom. The third-order valence-corrected chi connectivity index (χ3v) is 4.61. The quantitative estimate of drug-likeness (QED) is 0.615. The van der Waals surface area contributed by atoms with E-state index in [9.17, 15) is 4.79 Å². The second kappa shape index (κ2) is 5.92. The normalized spacial score (nSPS) is 20.2. The Labute approximate surface area is 146 Å². The zero-order valence-electron chi connectivity index (χ0n) is 13.0. The summed E-state index contributed by atoms with van der Waals surface area (Å²) in [5.41, 5.74) is 15.1. The van der Waals surface area contributed by atoms with Gasteiger partial charge in [-0.05, 0) is 47.2 Å². The summed E-state index contributed by atoms with van der Waals surface area (Å²) in [6.07, 6.45) is 1.91. The van der Waals surface area contributed by atoms with Crippen molar-refractivity contribution < 1.29 is 9.53 Å². The number of rotatable bonds is 1. The minimum absolute atomic E-state index is 0. The smallest absolute Gasteiger partial charge is 0.280 e. The molecule has 1 saturated heterocycles. The molecule has 1 amide bonds. The number of halogens is 1. The van der Waals surface area contributed by atoms with Gasteiger partial charge in [0.15, 0.2) is 5.96 Å². The van der Waals surface area contributed by atoms with Crippen LogP contribution in [0.3, 0.4) is 0 Å². The van der Waals surface area contributed by atoms with Crippen LogP contribution in [0.15, 0.2) is 47.5 Å². The van der Waals surface area contributed by atoms with Crippen molar-refractivity contribution in [3.05, 3.63) is 59.2 Å². The molecule has 1 fully saturated rings. The molecular weight excluding hydrogens is 326 g/mol. The Kier molecular flexibility index (Phi) is 4.07. The average Bonchev–Trinajstić information content (AvgIpc) is 3.13. The maximum Gasteiger partial charge on any atom is 0.280 e. The average molecular weight is 344 g/mol. The third-order valence-electron chi connectivity index (χ3n) is 4.61. The van der Waals surface area contributed by atoms with Gasteiger partial charge in [-0.15, -0.1) is 12.4 Å². The van der Waals surface area contributed by atoms with Crippen molar-refractivity contribution in [2.24, 2.45) is 16.5 Å². The van der Waals surface area contributed by atoms with Crippen molar-refractivity contribution >= 4 is 24.3 Å². The van der Waals surface area contributed by atoms with E-state index in [-0.39, 0.29) is 18.4 Å². The second-order valence-corrected chi connectivity index (χ2v) is 5.93. The molecule has 2 aliphatic rings. The molecule has 1 aliphatic carbocycles. The van der Waals surface area contributed by atoms with E-state index in [2.05, 4.69) is 17.1 Å². The van der Waals surface area contributed by atoms with Crippen molar-refractivity contribution in [3.63, 3.8) is 0 Å². The standard InChI is InChI=1S/C18H17N3O2.ClH/c19-17(20)21-16(22)11-6-7-13-12-4-1-2-5-14(12)18(15(13)10-11)8-3-9-23-18;/h1-2,4-7,10H,3,8-9H2,(H4,19,20,21,22);1H. The van der Waals surface area contributed by atoms with Gasteiger partial charge in [-0.2, -0.15) is 4.99 Å². The predicted molar refractivity (Wildman–Crippen MR) is 95.2 cm³/mol. The minimum atomic E-state index is -0.444. The first-order valence-corrected chi connectivity index (χ1v) is 7.64. The third kappa shape index (κ3) is 2.28. The van der Waals surface area contributed by atoms with E-state index in [0.29, 0.717) is 5.56 Å². The van der Waals surface area contributed by atoms with Gasteiger partial charge in [-0.3, -0.25) is 4.79 Å². The molecule has 1 heterocycles. The molecule has 2 aromatic carbocycles. The maximum absolute atomic E-state index is 12.1. The van der Waals surface area contributed by atoms with Gasteiger partial charge < -0.3 is 16.2 Å². The summed E-state index contributed by atoms with van der Waals surface area (Å²) >= 11 is 0. The molecule has 24 heavy (non-hydrogen) atoms. The first kappa shape index (κ1) is 16.5. The number of hydrogen-bond donors (Lipinski definition) is 2. The van der Waals surface area contributed by atoms with Crippen molar-refractivity contribution in [1.29, 1.82) is 0 Å². The summed E-state index contributed by atoms with van der Waals surface area (Å²) in [5.74, 6) is -0.664. The monoisotopic (exact) mass is 343 g/mol. The number of nitrogens with two attached hydrogens (primary N) is 2. The number of aliphatic imine (C=N–C) groups is 1. The van der Waals surface area contributed by atoms with Crippen LogP contribution >= 0.6 is 12.4 Å². The van der Waals surface area contributed by atoms with Crippen LogP contribution in [-0.2, 0) is 10.3 Å². The molecule has 0 bridgehead atoms. The molecule has 4 N–H and O–H groups in total. The Balaban J connectivity index is 0.00000169. The van der Waals surface area contributed by atoms with Gasteiger partial charge in [-0.25, -0.2) is 0 Å². The summed E-state index contributed by atoms with van der Waals surface area (Å²) in [6.45, 7) is 0.722. The highest BCUT2D eigenvalue weighted by atomic mass is 35.5. The van der Waals surface area contributed by atoms with E-state index in [4.69, 9.17) is 16.2 Å². The molecule has 124 valence electrons. The molecular formula is C18H18ClN3O2. The lowest BCUT2D eigenvalue weighted by Crippen LogP contribution is -2.25. The predicted octanol–water partition coefficient (Wildman–Crippen LogP) is 2.56. The minimum Gasteiger partial charge on any atom is -0.370 e. The van der Waals surface area contributed by atoms with Crippen molar-refractivity contribution in [3.8, 4) is 11.1 Å². The highest BCUT2D eigenvalue weighted by Gasteiger charge is 2.46. The van der Waals surface area contributed by atoms with Gasteiger partial charge in [0.1, 0.15) is 5.60 Å². The zero-order valence-corrected chi connectivity index (χ0v) is 13.8. The molecule has 1 unspecified atom stereocenters. The molecule has 1 spiro atoms. The molecule has 5 nitrogen and oxygen atoms in total. The number of hydrogen-bond acceptors (Lipinski definition) is 2. The van der Waals surface area contributed by atoms with Crippen LogP contribution in [-0.4, -0.2) is 18.5 Å². The number of guanidine groups is 1. The van der Waals surface area contributed by atoms with E-state index in [1.807, 2.05) is 24.3 Å². The molecule has 0 radical (unpaired) electrons. The fraction of sp³-hybridized carbons (Fsp3) is 0.222. The molecule has 6 heteroatoms. The lowest BCUT2D eigenvalue weighted by molar-refractivity contribution is 0.0397.